The van der Waals surface area contributed by atoms with Crippen LogP contribution in [0.2, 0.25) is 0 Å². The zero-order chi connectivity index (χ0) is 13.9. The molecule has 1 unspecified atom stereocenters. The molecule has 3 atom stereocenters. The number of piperidine rings is 1. The zero-order valence-corrected chi connectivity index (χ0v) is 12.8. The van der Waals surface area contributed by atoms with Crippen molar-refractivity contribution in [3.8, 4) is 0 Å². The highest BCUT2D eigenvalue weighted by atomic mass is 16.5. The fourth-order valence-electron chi connectivity index (χ4n) is 3.78. The van der Waals surface area contributed by atoms with Gasteiger partial charge in [0.2, 0.25) is 0 Å². The molecule has 2 aliphatic heterocycles. The van der Waals surface area contributed by atoms with Crippen LogP contribution in [0.3, 0.4) is 0 Å². The van der Waals surface area contributed by atoms with Crippen LogP contribution in [0.1, 0.15) is 62.2 Å². The van der Waals surface area contributed by atoms with E-state index in [4.69, 9.17) is 4.74 Å². The van der Waals surface area contributed by atoms with Gasteiger partial charge in [0.15, 0.2) is 0 Å². The molecule has 0 aromatic heterocycles. The highest BCUT2D eigenvalue weighted by Gasteiger charge is 2.37. The summed E-state index contributed by atoms with van der Waals surface area (Å²) < 4.78 is 6.49. The lowest BCUT2D eigenvalue weighted by atomic mass is 9.80. The molecule has 1 saturated heterocycles. The minimum atomic E-state index is 0.336. The molecule has 2 heterocycles. The molecule has 1 aromatic carbocycles. The lowest BCUT2D eigenvalue weighted by Gasteiger charge is -2.44. The molecule has 3 rings (SSSR count). The molecule has 0 radical (unpaired) electrons. The van der Waals surface area contributed by atoms with Crippen LogP contribution >= 0.6 is 0 Å². The average molecular weight is 273 g/mol. The molecule has 1 aromatic rings. The SMILES string of the molecule is CCCCCC1O[C@H]2CCN(C)C[C@@H]2c2ccccc21. The maximum absolute atomic E-state index is 6.49. The molecule has 2 nitrogen and oxygen atoms in total. The maximum Gasteiger partial charge on any atom is 0.0831 e. The Kier molecular flexibility index (Phi) is 4.42. The second-order valence-electron chi connectivity index (χ2n) is 6.45. The summed E-state index contributed by atoms with van der Waals surface area (Å²) in [5.41, 5.74) is 3.01. The van der Waals surface area contributed by atoms with E-state index < -0.39 is 0 Å². The number of hydrogen-bond donors (Lipinski definition) is 0. The highest BCUT2D eigenvalue weighted by Crippen LogP contribution is 2.43. The normalized spacial score (nSPS) is 29.8. The van der Waals surface area contributed by atoms with Crippen LogP contribution in [0.15, 0.2) is 24.3 Å². The summed E-state index contributed by atoms with van der Waals surface area (Å²) in [5.74, 6) is 0.576. The van der Waals surface area contributed by atoms with Crippen LogP contribution < -0.4 is 0 Å². The Morgan fingerprint density at radius 1 is 1.20 bits per heavy atom. The van der Waals surface area contributed by atoms with Gasteiger partial charge >= 0.3 is 0 Å². The van der Waals surface area contributed by atoms with E-state index in [1.54, 1.807) is 5.56 Å². The van der Waals surface area contributed by atoms with Crippen molar-refractivity contribution in [1.82, 2.24) is 4.90 Å². The van der Waals surface area contributed by atoms with Crippen LogP contribution in [0.25, 0.3) is 0 Å². The van der Waals surface area contributed by atoms with Gasteiger partial charge in [-0.2, -0.15) is 0 Å². The first-order chi connectivity index (χ1) is 9.79. The second-order valence-corrected chi connectivity index (χ2v) is 6.45. The summed E-state index contributed by atoms with van der Waals surface area (Å²) in [6, 6.07) is 8.99. The van der Waals surface area contributed by atoms with Gasteiger partial charge in [-0.05, 0) is 31.0 Å². The largest absolute Gasteiger partial charge is 0.370 e. The summed E-state index contributed by atoms with van der Waals surface area (Å²) in [6.07, 6.45) is 7.02. The topological polar surface area (TPSA) is 12.5 Å². The van der Waals surface area contributed by atoms with Crippen LogP contribution in [-0.4, -0.2) is 31.1 Å². The minimum absolute atomic E-state index is 0.336. The Hall–Kier alpha value is -0.860. The smallest absolute Gasteiger partial charge is 0.0831 e. The van der Waals surface area contributed by atoms with Gasteiger partial charge in [0, 0.05) is 19.0 Å². The molecular weight excluding hydrogens is 246 g/mol. The first kappa shape index (κ1) is 14.1. The van der Waals surface area contributed by atoms with Crippen molar-refractivity contribution in [3.63, 3.8) is 0 Å². The van der Waals surface area contributed by atoms with Gasteiger partial charge in [-0.3, -0.25) is 0 Å². The molecule has 0 aliphatic carbocycles. The van der Waals surface area contributed by atoms with E-state index in [1.807, 2.05) is 0 Å². The first-order valence-electron chi connectivity index (χ1n) is 8.22. The molecule has 2 aliphatic rings. The number of ether oxygens (including phenoxy) is 1. The summed E-state index contributed by atoms with van der Waals surface area (Å²) in [5, 5.41) is 0. The van der Waals surface area contributed by atoms with E-state index >= 15 is 0 Å². The zero-order valence-electron chi connectivity index (χ0n) is 12.8. The third-order valence-electron chi connectivity index (χ3n) is 4.90. The molecule has 20 heavy (non-hydrogen) atoms. The molecule has 0 spiro atoms. The number of hydrogen-bond acceptors (Lipinski definition) is 2. The number of unbranched alkanes of at least 4 members (excludes halogenated alkanes) is 2. The Morgan fingerprint density at radius 3 is 2.80 bits per heavy atom. The average Bonchev–Trinajstić information content (AvgIpc) is 2.48. The van der Waals surface area contributed by atoms with E-state index in [0.717, 1.165) is 6.54 Å². The van der Waals surface area contributed by atoms with Crippen molar-refractivity contribution in [2.24, 2.45) is 0 Å². The van der Waals surface area contributed by atoms with E-state index in [9.17, 15) is 0 Å². The molecule has 0 bridgehead atoms. The predicted octanol–water partition coefficient (Wildman–Crippen LogP) is 4.13. The molecule has 0 N–H and O–H groups in total. The van der Waals surface area contributed by atoms with Crippen LogP contribution in [0.4, 0.5) is 0 Å². The van der Waals surface area contributed by atoms with E-state index in [-0.39, 0.29) is 0 Å². The number of nitrogens with zero attached hydrogens (tertiary/aromatic N) is 1. The van der Waals surface area contributed by atoms with Gasteiger partial charge in [-0.15, -0.1) is 0 Å². The van der Waals surface area contributed by atoms with Gasteiger partial charge in [0.1, 0.15) is 0 Å². The number of benzene rings is 1. The fraction of sp³-hybridized carbons (Fsp3) is 0.667. The Bertz CT molecular complexity index is 445. The monoisotopic (exact) mass is 273 g/mol. The van der Waals surface area contributed by atoms with E-state index in [0.29, 0.717) is 18.1 Å². The third kappa shape index (κ3) is 2.77. The Morgan fingerprint density at radius 2 is 2.00 bits per heavy atom. The summed E-state index contributed by atoms with van der Waals surface area (Å²) in [4.78, 5) is 2.44. The summed E-state index contributed by atoms with van der Waals surface area (Å²) >= 11 is 0. The first-order valence-corrected chi connectivity index (χ1v) is 8.22. The number of likely N-dealkylation sites (N-methyl/N-ethyl adjacent to an activating group) is 1. The van der Waals surface area contributed by atoms with Gasteiger partial charge in [-0.25, -0.2) is 0 Å². The minimum Gasteiger partial charge on any atom is -0.370 e. The standard InChI is InChI=1S/C18H27NO/c1-3-4-5-10-17-15-9-7-6-8-14(15)16-13-19(2)12-11-18(16)20-17/h6-9,16-18H,3-5,10-13H2,1-2H3/t16-,17?,18+/m1/s1. The van der Waals surface area contributed by atoms with Crippen LogP contribution in [-0.2, 0) is 4.74 Å². The van der Waals surface area contributed by atoms with Gasteiger partial charge in [0.05, 0.1) is 12.2 Å². The molecule has 110 valence electrons. The number of fused-ring (bicyclic) bond motifs is 3. The highest BCUT2D eigenvalue weighted by molar-refractivity contribution is 5.36. The van der Waals surface area contributed by atoms with Gasteiger partial charge in [0.25, 0.3) is 0 Å². The maximum atomic E-state index is 6.49. The van der Waals surface area contributed by atoms with E-state index in [1.165, 1.54) is 44.2 Å². The predicted molar refractivity (Wildman–Crippen MR) is 83.1 cm³/mol. The molecular formula is C18H27NO. The summed E-state index contributed by atoms with van der Waals surface area (Å²) in [7, 11) is 2.23. The molecule has 0 amide bonds. The van der Waals surface area contributed by atoms with Crippen molar-refractivity contribution in [2.75, 3.05) is 20.1 Å². The van der Waals surface area contributed by atoms with Gasteiger partial charge in [-0.1, -0.05) is 50.5 Å². The van der Waals surface area contributed by atoms with Crippen molar-refractivity contribution in [2.45, 2.75) is 57.2 Å². The Balaban J connectivity index is 1.82. The lowest BCUT2D eigenvalue weighted by molar-refractivity contribution is -0.0712. The molecule has 1 fully saturated rings. The fourth-order valence-corrected chi connectivity index (χ4v) is 3.78. The Labute approximate surface area is 123 Å². The lowest BCUT2D eigenvalue weighted by Crippen LogP contribution is -2.44. The third-order valence-corrected chi connectivity index (χ3v) is 4.90. The van der Waals surface area contributed by atoms with Crippen LogP contribution in [0.5, 0.6) is 0 Å². The quantitative estimate of drug-likeness (QED) is 0.765. The number of rotatable bonds is 4. The second kappa shape index (κ2) is 6.28. The van der Waals surface area contributed by atoms with E-state index in [2.05, 4.69) is 43.1 Å². The molecule has 2 heteroatoms. The van der Waals surface area contributed by atoms with Crippen molar-refractivity contribution in [3.05, 3.63) is 35.4 Å². The van der Waals surface area contributed by atoms with Crippen molar-refractivity contribution >= 4 is 0 Å². The number of likely N-dealkylation sites (tertiary alicyclic amines) is 1. The van der Waals surface area contributed by atoms with Crippen molar-refractivity contribution in [1.29, 1.82) is 0 Å². The molecule has 0 saturated carbocycles. The van der Waals surface area contributed by atoms with Gasteiger partial charge < -0.3 is 9.64 Å². The van der Waals surface area contributed by atoms with Crippen molar-refractivity contribution < 1.29 is 4.74 Å². The summed E-state index contributed by atoms with van der Waals surface area (Å²) in [6.45, 7) is 4.58. The van der Waals surface area contributed by atoms with Crippen LogP contribution in [0, 0.1) is 0 Å².